The van der Waals surface area contributed by atoms with Gasteiger partial charge in [-0.3, -0.25) is 14.1 Å². The second kappa shape index (κ2) is 23.4. The number of rotatable bonds is 16. The van der Waals surface area contributed by atoms with Gasteiger partial charge in [-0.15, -0.1) is 0 Å². The Labute approximate surface area is 472 Å². The number of methoxy groups -OCH3 is 1. The van der Waals surface area contributed by atoms with Crippen LogP contribution in [0.15, 0.2) is 23.3 Å². The van der Waals surface area contributed by atoms with Crippen LogP contribution in [0.25, 0.3) is 0 Å². The van der Waals surface area contributed by atoms with Gasteiger partial charge >= 0.3 is 22.3 Å². The molecule has 26 heteroatoms. The SMILES string of the molecule is CO[C@@H]1[C@@H](O)[C@H](O[C@@H]2[C@@H](O)[C@H](O[C@H]3[C@H](O)[C@@H](O)[C@H](O[C@H]4[C@H](O[C@H]5CC[C@@]6(C)[C@@H]7CC[C@]89C(=O)O[C@@](C)(CCC=C(C)C)[C@H]8[C@@H](OC(C)=O)C[C@@]9(C)C7=CC[C@H]6C5(C)C)OC[C@@H](OS(=O)(=O)O)[C@@H]4O)O[C@@H]3C)OC[C@H]2O)O[C@H](CO)[C@H]1O. The van der Waals surface area contributed by atoms with Crippen LogP contribution < -0.4 is 0 Å². The highest BCUT2D eigenvalue weighted by molar-refractivity contribution is 7.80. The Morgan fingerprint density at radius 3 is 2.07 bits per heavy atom. The zero-order valence-electron chi connectivity index (χ0n) is 47.7. The van der Waals surface area contributed by atoms with Crippen LogP contribution in [-0.4, -0.2) is 221 Å². The molecule has 5 aliphatic heterocycles. The van der Waals surface area contributed by atoms with Crippen LogP contribution in [0.1, 0.15) is 114 Å². The molecule has 0 aromatic carbocycles. The lowest BCUT2D eigenvalue weighted by Gasteiger charge is -2.64. The van der Waals surface area contributed by atoms with Gasteiger partial charge in [0.1, 0.15) is 91.1 Å². The van der Waals surface area contributed by atoms with Gasteiger partial charge in [0, 0.05) is 19.4 Å². The number of fused-ring (bicyclic) bond motifs is 4. The summed E-state index contributed by atoms with van der Waals surface area (Å²) >= 11 is 0. The average Bonchev–Trinajstić information content (AvgIpc) is 1.74. The van der Waals surface area contributed by atoms with Crippen molar-refractivity contribution >= 4 is 22.3 Å². The predicted molar refractivity (Wildman–Crippen MR) is 276 cm³/mol. The van der Waals surface area contributed by atoms with Gasteiger partial charge < -0.3 is 93.0 Å². The van der Waals surface area contributed by atoms with Crippen LogP contribution in [0.4, 0.5) is 0 Å². The Bertz CT molecular complexity index is 2460. The van der Waals surface area contributed by atoms with Crippen molar-refractivity contribution in [2.45, 2.75) is 242 Å². The van der Waals surface area contributed by atoms with Gasteiger partial charge in [0.25, 0.3) is 0 Å². The van der Waals surface area contributed by atoms with E-state index >= 15 is 0 Å². The molecule has 3 saturated carbocycles. The van der Waals surface area contributed by atoms with Gasteiger partial charge in [-0.05, 0) is 102 Å². The molecule has 5 saturated heterocycles. The number of carbonyl (C=O) groups excluding carboxylic acids is 2. The van der Waals surface area contributed by atoms with Crippen molar-refractivity contribution in [1.82, 2.24) is 0 Å². The Morgan fingerprint density at radius 1 is 0.765 bits per heavy atom. The first-order valence-corrected chi connectivity index (χ1v) is 29.7. The smallest absolute Gasteiger partial charge is 0.397 e. The number of cyclic esters (lactones) is 1. The number of esters is 2. The van der Waals surface area contributed by atoms with Crippen molar-refractivity contribution in [1.29, 1.82) is 0 Å². The molecular weight excluding hydrogens is 1090 g/mol. The van der Waals surface area contributed by atoms with Crippen LogP contribution in [-0.2, 0) is 76.3 Å². The third-order valence-electron chi connectivity index (χ3n) is 20.2. The third-order valence-corrected chi connectivity index (χ3v) is 20.6. The van der Waals surface area contributed by atoms with Crippen molar-refractivity contribution in [2.75, 3.05) is 26.9 Å². The molecule has 0 bridgehead atoms. The quantitative estimate of drug-likeness (QED) is 0.0581. The van der Waals surface area contributed by atoms with E-state index in [1.807, 2.05) is 20.8 Å². The molecule has 25 nitrogen and oxygen atoms in total. The van der Waals surface area contributed by atoms with Crippen LogP contribution in [0, 0.1) is 39.4 Å². The Morgan fingerprint density at radius 2 is 1.42 bits per heavy atom. The molecule has 27 atom stereocenters. The van der Waals surface area contributed by atoms with Crippen LogP contribution >= 0.6 is 0 Å². The summed E-state index contributed by atoms with van der Waals surface area (Å²) in [7, 11) is -3.95. The van der Waals surface area contributed by atoms with E-state index < -0.39 is 181 Å². The maximum Gasteiger partial charge on any atom is 0.397 e. The molecule has 4 aliphatic carbocycles. The van der Waals surface area contributed by atoms with Crippen molar-refractivity contribution in [2.24, 2.45) is 39.4 Å². The number of aliphatic hydroxyl groups is 8. The molecule has 0 amide bonds. The number of ether oxygens (including phenoxy) is 11. The predicted octanol–water partition coefficient (Wildman–Crippen LogP) is 0.620. The molecule has 0 aromatic heterocycles. The molecule has 1 spiro atoms. The molecule has 5 heterocycles. The number of hydrogen-bond donors (Lipinski definition) is 9. The van der Waals surface area contributed by atoms with Crippen LogP contribution in [0.2, 0.25) is 0 Å². The Balaban J connectivity index is 0.908. The van der Waals surface area contributed by atoms with Crippen LogP contribution in [0.3, 0.4) is 0 Å². The fourth-order valence-electron chi connectivity index (χ4n) is 16.3. The third kappa shape index (κ3) is 11.1. The first kappa shape index (κ1) is 63.1. The summed E-state index contributed by atoms with van der Waals surface area (Å²) in [5, 5.41) is 88.4. The topological polar surface area (TPSA) is 361 Å². The molecule has 9 N–H and O–H groups in total. The van der Waals surface area contributed by atoms with E-state index in [2.05, 4.69) is 39.8 Å². The fraction of sp³-hybridized carbons (Fsp3) is 0.891. The number of allylic oxidation sites excluding steroid dienone is 4. The fourth-order valence-corrected chi connectivity index (χ4v) is 16.8. The average molecular weight is 1180 g/mol. The van der Waals surface area contributed by atoms with E-state index in [0.29, 0.717) is 51.4 Å². The molecule has 0 unspecified atom stereocenters. The highest BCUT2D eigenvalue weighted by atomic mass is 32.3. The summed E-state index contributed by atoms with van der Waals surface area (Å²) in [4.78, 5) is 27.4. The molecule has 8 fully saturated rings. The molecule has 81 heavy (non-hydrogen) atoms. The van der Waals surface area contributed by atoms with E-state index in [0.717, 1.165) is 5.57 Å². The largest absolute Gasteiger partial charge is 0.462 e. The molecule has 0 radical (unpaired) electrons. The summed E-state index contributed by atoms with van der Waals surface area (Å²) in [5.74, 6) is -0.962. The molecule has 462 valence electrons. The zero-order valence-corrected chi connectivity index (χ0v) is 48.5. The minimum absolute atomic E-state index is 0.0129. The monoisotopic (exact) mass is 1180 g/mol. The minimum Gasteiger partial charge on any atom is -0.462 e. The normalized spacial score (nSPS) is 49.5. The van der Waals surface area contributed by atoms with Crippen molar-refractivity contribution in [3.8, 4) is 0 Å². The first-order valence-electron chi connectivity index (χ1n) is 28.3. The molecule has 0 aromatic rings. The van der Waals surface area contributed by atoms with E-state index in [-0.39, 0.29) is 29.1 Å². The summed E-state index contributed by atoms with van der Waals surface area (Å²) in [6.45, 7) is 15.8. The number of carbonyl (C=O) groups is 2. The van der Waals surface area contributed by atoms with Crippen molar-refractivity contribution in [3.05, 3.63) is 23.3 Å². The maximum atomic E-state index is 14.7. The minimum atomic E-state index is -5.16. The second-order valence-electron chi connectivity index (χ2n) is 25.6. The lowest BCUT2D eigenvalue weighted by atomic mass is 9.41. The van der Waals surface area contributed by atoms with Crippen molar-refractivity contribution < 1.29 is 120 Å². The molecular formula is C55H86O25S. The highest BCUT2D eigenvalue weighted by Gasteiger charge is 2.79. The van der Waals surface area contributed by atoms with Gasteiger partial charge in [0.15, 0.2) is 25.2 Å². The highest BCUT2D eigenvalue weighted by Crippen LogP contribution is 2.77. The summed E-state index contributed by atoms with van der Waals surface area (Å²) in [5.41, 5.74) is -1.02. The summed E-state index contributed by atoms with van der Waals surface area (Å²) < 4.78 is 104. The standard InChI is InChI=1S/C55H86O25S/c1-24(2)12-11-17-54(9)45-30(73-26(4)57)20-53(8)28-13-14-33-51(5,6)34(16-18-52(33,7)27(28)15-19-55(45,53)50(65)79-54)75-49-44(36(60)32(23-71-49)80-81(66,67)68)78-47-38(62)37(61)41(25(3)72-47)76-46-39(63)42(29(58)22-70-46)77-48-40(64)43(69-10)35(59)31(21-56)74-48/h12-13,25,27,29-49,56,58-64H,11,14-23H2,1-10H3,(H,66,67,68)/t25-,27-,29-,30+,31-,32-,33+,34+,35-,36+,37-,38-,39-,40-,41-,42+,43+,44-,45-,46+,47+,48+,49+,52+,53+,54+,55-/m1/s1. The summed E-state index contributed by atoms with van der Waals surface area (Å²) in [6, 6.07) is 0. The lowest BCUT2D eigenvalue weighted by Crippen LogP contribution is -2.65. The zero-order chi connectivity index (χ0) is 59.3. The van der Waals surface area contributed by atoms with Gasteiger partial charge in [0.05, 0.1) is 43.4 Å². The first-order chi connectivity index (χ1) is 37.9. The maximum absolute atomic E-state index is 14.7. The van der Waals surface area contributed by atoms with Crippen molar-refractivity contribution in [3.63, 3.8) is 0 Å². The molecule has 9 rings (SSSR count). The second-order valence-corrected chi connectivity index (χ2v) is 26.6. The summed E-state index contributed by atoms with van der Waals surface area (Å²) in [6.07, 6.45) is -20.9. The van der Waals surface area contributed by atoms with E-state index in [1.165, 1.54) is 26.5 Å². The van der Waals surface area contributed by atoms with Crippen LogP contribution in [0.5, 0.6) is 0 Å². The van der Waals surface area contributed by atoms with E-state index in [1.54, 1.807) is 0 Å². The number of aliphatic hydroxyl groups excluding tert-OH is 8. The lowest BCUT2D eigenvalue weighted by molar-refractivity contribution is -0.382. The Hall–Kier alpha value is -2.39. The van der Waals surface area contributed by atoms with E-state index in [9.17, 15) is 63.4 Å². The van der Waals surface area contributed by atoms with Gasteiger partial charge in [-0.2, -0.15) is 8.42 Å². The number of hydrogen-bond acceptors (Lipinski definition) is 24. The van der Waals surface area contributed by atoms with Gasteiger partial charge in [0.2, 0.25) is 0 Å². The Kier molecular flexibility index (Phi) is 18.2. The van der Waals surface area contributed by atoms with Gasteiger partial charge in [-0.25, -0.2) is 4.18 Å². The molecule has 9 aliphatic rings. The van der Waals surface area contributed by atoms with E-state index in [4.69, 9.17) is 56.3 Å². The van der Waals surface area contributed by atoms with Gasteiger partial charge in [-0.1, -0.05) is 51.0 Å².